The SMILES string of the molecule is O=C(CC12CC3CC(CC(C3)C1)C2)N1CCOCCOCCOCCN(C(=O)CC23CC4CC(CC(C4)C2)C3)CCOCCOCC1. The van der Waals surface area contributed by atoms with Gasteiger partial charge in [-0.3, -0.25) is 9.59 Å². The average Bonchev–Trinajstić information content (AvgIpc) is 3.00. The molecule has 9 heteroatoms. The van der Waals surface area contributed by atoms with Crippen LogP contribution in [0.15, 0.2) is 0 Å². The highest BCUT2D eigenvalue weighted by molar-refractivity contribution is 5.77. The molecule has 1 saturated heterocycles. The first-order valence-electron chi connectivity index (χ1n) is 19.4. The van der Waals surface area contributed by atoms with E-state index in [-0.39, 0.29) is 22.6 Å². The van der Waals surface area contributed by atoms with Crippen LogP contribution in [0.25, 0.3) is 0 Å². The third-order valence-corrected chi connectivity index (χ3v) is 13.2. The molecule has 0 N–H and O–H groups in total. The largest absolute Gasteiger partial charge is 0.377 e. The van der Waals surface area contributed by atoms with Crippen LogP contribution in [0.5, 0.6) is 0 Å². The number of rotatable bonds is 4. The van der Waals surface area contributed by atoms with Crippen molar-refractivity contribution in [3.8, 4) is 0 Å². The highest BCUT2D eigenvalue weighted by atomic mass is 16.5. The van der Waals surface area contributed by atoms with E-state index in [1.165, 1.54) is 77.0 Å². The predicted molar refractivity (Wildman–Crippen MR) is 178 cm³/mol. The fourth-order valence-electron chi connectivity index (χ4n) is 12.2. The van der Waals surface area contributed by atoms with E-state index < -0.39 is 0 Å². The molecule has 0 aromatic carbocycles. The van der Waals surface area contributed by atoms with Crippen molar-refractivity contribution in [1.82, 2.24) is 9.80 Å². The number of amides is 2. The lowest BCUT2D eigenvalue weighted by molar-refractivity contribution is -0.142. The summed E-state index contributed by atoms with van der Waals surface area (Å²) in [4.78, 5) is 31.4. The highest BCUT2D eigenvalue weighted by Gasteiger charge is 2.53. The molecule has 0 radical (unpaired) electrons. The maximum atomic E-state index is 13.7. The normalized spacial score (nSPS) is 40.7. The van der Waals surface area contributed by atoms with Crippen molar-refractivity contribution in [2.75, 3.05) is 92.2 Å². The van der Waals surface area contributed by atoms with Crippen LogP contribution >= 0.6 is 0 Å². The van der Waals surface area contributed by atoms with Gasteiger partial charge in [0.2, 0.25) is 11.8 Å². The number of ether oxygens (including phenoxy) is 5. The summed E-state index contributed by atoms with van der Waals surface area (Å²) < 4.78 is 29.4. The zero-order valence-electron chi connectivity index (χ0n) is 29.0. The minimum Gasteiger partial charge on any atom is -0.377 e. The van der Waals surface area contributed by atoms with Crippen molar-refractivity contribution in [2.45, 2.75) is 89.9 Å². The summed E-state index contributed by atoms with van der Waals surface area (Å²) >= 11 is 0. The van der Waals surface area contributed by atoms with Crippen molar-refractivity contribution >= 4 is 11.8 Å². The van der Waals surface area contributed by atoms with Crippen LogP contribution in [-0.2, 0) is 33.3 Å². The molecule has 0 spiro atoms. The van der Waals surface area contributed by atoms with E-state index in [9.17, 15) is 9.59 Å². The zero-order valence-corrected chi connectivity index (χ0v) is 29.0. The summed E-state index contributed by atoms with van der Waals surface area (Å²) in [7, 11) is 0. The van der Waals surface area contributed by atoms with Gasteiger partial charge in [-0.25, -0.2) is 0 Å². The Hall–Kier alpha value is -1.26. The molecule has 1 aliphatic heterocycles. The molecule has 0 aromatic rings. The maximum absolute atomic E-state index is 13.7. The van der Waals surface area contributed by atoms with Gasteiger partial charge in [0.1, 0.15) is 0 Å². The lowest BCUT2D eigenvalue weighted by Crippen LogP contribution is -2.49. The molecule has 1 heterocycles. The molecule has 0 atom stereocenters. The molecule has 9 rings (SSSR count). The van der Waals surface area contributed by atoms with E-state index in [0.717, 1.165) is 35.5 Å². The van der Waals surface area contributed by atoms with Crippen molar-refractivity contribution in [2.24, 2.45) is 46.3 Å². The van der Waals surface area contributed by atoms with Gasteiger partial charge in [-0.15, -0.1) is 0 Å². The van der Waals surface area contributed by atoms with Gasteiger partial charge in [0.05, 0.1) is 66.1 Å². The Bertz CT molecular complexity index is 900. The Balaban J connectivity index is 0.882. The summed E-state index contributed by atoms with van der Waals surface area (Å²) in [6, 6.07) is 0. The fraction of sp³-hybridized carbons (Fsp3) is 0.947. The Kier molecular flexibility index (Phi) is 11.5. The van der Waals surface area contributed by atoms with E-state index in [1.54, 1.807) is 0 Å². The average molecular weight is 659 g/mol. The molecule has 8 aliphatic carbocycles. The second kappa shape index (κ2) is 15.7. The van der Waals surface area contributed by atoms with Gasteiger partial charge >= 0.3 is 0 Å². The highest BCUT2D eigenvalue weighted by Crippen LogP contribution is 2.62. The lowest BCUT2D eigenvalue weighted by Gasteiger charge is -2.57. The number of carbonyl (C=O) groups is 2. The number of hydrogen-bond acceptors (Lipinski definition) is 7. The third-order valence-electron chi connectivity index (χ3n) is 13.2. The third kappa shape index (κ3) is 8.92. The van der Waals surface area contributed by atoms with Gasteiger partial charge in [-0.05, 0) is 123 Å². The Morgan fingerprint density at radius 1 is 0.404 bits per heavy atom. The van der Waals surface area contributed by atoms with Gasteiger partial charge in [0, 0.05) is 39.0 Å². The van der Waals surface area contributed by atoms with Gasteiger partial charge in [-0.2, -0.15) is 0 Å². The second-order valence-corrected chi connectivity index (χ2v) is 17.0. The molecule has 9 fully saturated rings. The van der Waals surface area contributed by atoms with Gasteiger partial charge in [-0.1, -0.05) is 0 Å². The standard InChI is InChI=1S/C38H62N2O7/c41-35(27-37-21-29-15-30(22-37)17-31(16-29)23-37)39-1-5-43-9-10-44-6-2-40(4-8-46-12-14-47-13-11-45-7-3-39)36(42)28-38-24-32-18-33(25-38)20-34(19-32)26-38/h29-34H,1-28H2. The second-order valence-electron chi connectivity index (χ2n) is 17.0. The molecule has 8 bridgehead atoms. The van der Waals surface area contributed by atoms with Crippen molar-refractivity contribution in [3.63, 3.8) is 0 Å². The van der Waals surface area contributed by atoms with Crippen molar-refractivity contribution in [1.29, 1.82) is 0 Å². The molecule has 9 nitrogen and oxygen atoms in total. The lowest BCUT2D eigenvalue weighted by atomic mass is 9.49. The first-order valence-corrected chi connectivity index (χ1v) is 19.4. The molecular weight excluding hydrogens is 596 g/mol. The fourth-order valence-corrected chi connectivity index (χ4v) is 12.2. The van der Waals surface area contributed by atoms with Crippen LogP contribution in [0.3, 0.4) is 0 Å². The van der Waals surface area contributed by atoms with E-state index in [1.807, 2.05) is 9.80 Å². The first kappa shape index (κ1) is 34.2. The van der Waals surface area contributed by atoms with Crippen LogP contribution in [-0.4, -0.2) is 114 Å². The molecule has 8 saturated carbocycles. The van der Waals surface area contributed by atoms with Crippen LogP contribution in [0.4, 0.5) is 0 Å². The van der Waals surface area contributed by atoms with E-state index >= 15 is 0 Å². The van der Waals surface area contributed by atoms with Crippen molar-refractivity contribution < 1.29 is 33.3 Å². The molecule has 9 aliphatic rings. The van der Waals surface area contributed by atoms with E-state index in [4.69, 9.17) is 23.7 Å². The minimum atomic E-state index is 0.226. The van der Waals surface area contributed by atoms with E-state index in [0.29, 0.717) is 105 Å². The Morgan fingerprint density at radius 2 is 0.638 bits per heavy atom. The molecular formula is C38H62N2O7. The summed E-state index contributed by atoms with van der Waals surface area (Å²) in [6.45, 7) is 7.27. The Morgan fingerprint density at radius 3 is 0.894 bits per heavy atom. The topological polar surface area (TPSA) is 86.8 Å². The molecule has 0 unspecified atom stereocenters. The smallest absolute Gasteiger partial charge is 0.223 e. The molecule has 2 amide bonds. The molecule has 47 heavy (non-hydrogen) atoms. The predicted octanol–water partition coefficient (Wildman–Crippen LogP) is 4.95. The minimum absolute atomic E-state index is 0.226. The van der Waals surface area contributed by atoms with E-state index in [2.05, 4.69) is 0 Å². The summed E-state index contributed by atoms with van der Waals surface area (Å²) in [5.41, 5.74) is 0.452. The van der Waals surface area contributed by atoms with Crippen molar-refractivity contribution in [3.05, 3.63) is 0 Å². The number of carbonyl (C=O) groups excluding carboxylic acids is 2. The summed E-state index contributed by atoms with van der Waals surface area (Å²) in [6.07, 6.45) is 17.2. The summed E-state index contributed by atoms with van der Waals surface area (Å²) in [5, 5.41) is 0. The zero-order chi connectivity index (χ0) is 32.1. The van der Waals surface area contributed by atoms with Gasteiger partial charge in [0.25, 0.3) is 0 Å². The Labute approximate surface area is 283 Å². The van der Waals surface area contributed by atoms with Crippen LogP contribution in [0.1, 0.15) is 89.9 Å². The number of nitrogens with zero attached hydrogens (tertiary/aromatic N) is 2. The van der Waals surface area contributed by atoms with Crippen LogP contribution in [0.2, 0.25) is 0 Å². The molecule has 0 aromatic heterocycles. The first-order chi connectivity index (χ1) is 22.9. The molecule has 266 valence electrons. The quantitative estimate of drug-likeness (QED) is 0.423. The monoisotopic (exact) mass is 658 g/mol. The van der Waals surface area contributed by atoms with Crippen LogP contribution < -0.4 is 0 Å². The maximum Gasteiger partial charge on any atom is 0.223 e. The number of hydrogen-bond donors (Lipinski definition) is 0. The summed E-state index contributed by atoms with van der Waals surface area (Å²) in [5.74, 6) is 5.59. The van der Waals surface area contributed by atoms with Gasteiger partial charge < -0.3 is 33.5 Å². The van der Waals surface area contributed by atoms with Crippen LogP contribution in [0, 0.1) is 46.3 Å². The van der Waals surface area contributed by atoms with Gasteiger partial charge in [0.15, 0.2) is 0 Å².